The summed E-state index contributed by atoms with van der Waals surface area (Å²) < 4.78 is 0. The molecule has 12 N–H and O–H groups in total. The Bertz CT molecular complexity index is 751. The first-order valence-electron chi connectivity index (χ1n) is 12.6. The molecule has 0 aliphatic rings. The lowest BCUT2D eigenvalue weighted by Gasteiger charge is -2.26. The molecule has 0 aromatic heterocycles. The number of rotatable bonds is 20. The molecule has 0 spiro atoms. The zero-order valence-corrected chi connectivity index (χ0v) is 23.0. The van der Waals surface area contributed by atoms with Gasteiger partial charge >= 0.3 is 5.97 Å². The van der Waals surface area contributed by atoms with E-state index in [1.54, 1.807) is 0 Å². The number of aliphatic carboxylic acids is 1. The van der Waals surface area contributed by atoms with Crippen LogP contribution < -0.4 is 38.9 Å². The average molecular weight is 547 g/mol. The van der Waals surface area contributed by atoms with Crippen molar-refractivity contribution in [2.75, 3.05) is 25.1 Å². The molecule has 0 fully saturated rings. The minimum atomic E-state index is -1.21. The molecule has 13 nitrogen and oxygen atoms in total. The van der Waals surface area contributed by atoms with Crippen molar-refractivity contribution in [2.45, 2.75) is 83.0 Å². The van der Waals surface area contributed by atoms with E-state index in [2.05, 4.69) is 20.9 Å². The smallest absolute Gasteiger partial charge is 0.326 e. The Morgan fingerprint density at radius 1 is 0.892 bits per heavy atom. The Kier molecular flexibility index (Phi) is 18.2. The summed E-state index contributed by atoms with van der Waals surface area (Å²) in [6, 6.07) is -3.85. The van der Waals surface area contributed by atoms with Gasteiger partial charge in [0.1, 0.15) is 18.1 Å². The molecule has 0 rings (SSSR count). The van der Waals surface area contributed by atoms with E-state index in [1.807, 2.05) is 20.1 Å². The summed E-state index contributed by atoms with van der Waals surface area (Å²) in [5.74, 6) is -2.40. The normalized spacial score (nSPS) is 14.9. The van der Waals surface area contributed by atoms with Gasteiger partial charge in [0.2, 0.25) is 17.7 Å². The summed E-state index contributed by atoms with van der Waals surface area (Å²) in [5, 5.41) is 17.4. The van der Waals surface area contributed by atoms with Gasteiger partial charge < -0.3 is 44.0 Å². The van der Waals surface area contributed by atoms with Crippen LogP contribution in [0.5, 0.6) is 0 Å². The number of nitrogens with zero attached hydrogens (tertiary/aromatic N) is 1. The van der Waals surface area contributed by atoms with Crippen LogP contribution in [0.3, 0.4) is 0 Å². The highest BCUT2D eigenvalue weighted by Crippen LogP contribution is 2.09. The van der Waals surface area contributed by atoms with Crippen LogP contribution in [-0.2, 0) is 19.2 Å². The van der Waals surface area contributed by atoms with Crippen LogP contribution in [0, 0.1) is 5.92 Å². The minimum Gasteiger partial charge on any atom is -0.480 e. The molecule has 0 aromatic rings. The Hall–Kier alpha value is -2.58. The highest BCUT2D eigenvalue weighted by Gasteiger charge is 2.30. The van der Waals surface area contributed by atoms with Gasteiger partial charge in [-0.3, -0.25) is 19.4 Å². The molecule has 0 aliphatic heterocycles. The zero-order chi connectivity index (χ0) is 28.4. The lowest BCUT2D eigenvalue weighted by molar-refractivity contribution is -0.142. The maximum Gasteiger partial charge on any atom is 0.326 e. The second kappa shape index (κ2) is 19.5. The largest absolute Gasteiger partial charge is 0.480 e. The first-order chi connectivity index (χ1) is 17.5. The number of unbranched alkanes of at least 4 members (excludes halogenated alkanes) is 1. The van der Waals surface area contributed by atoms with E-state index in [-0.39, 0.29) is 31.3 Å². The summed E-state index contributed by atoms with van der Waals surface area (Å²) in [5.41, 5.74) is 22.1. The van der Waals surface area contributed by atoms with Crippen molar-refractivity contribution < 1.29 is 24.3 Å². The van der Waals surface area contributed by atoms with Crippen LogP contribution in [0.4, 0.5) is 0 Å². The summed E-state index contributed by atoms with van der Waals surface area (Å²) in [6.07, 6.45) is 4.77. The quantitative estimate of drug-likeness (QED) is 0.0517. The van der Waals surface area contributed by atoms with Crippen molar-refractivity contribution in [2.24, 2.45) is 33.8 Å². The first kappa shape index (κ1) is 34.4. The third kappa shape index (κ3) is 14.7. The number of carbonyl (C=O) groups excluding carboxylic acids is 3. The average Bonchev–Trinajstić information content (AvgIpc) is 2.85. The number of amides is 3. The van der Waals surface area contributed by atoms with Crippen LogP contribution in [0.15, 0.2) is 4.99 Å². The first-order valence-corrected chi connectivity index (χ1v) is 14.0. The molecule has 3 amide bonds. The van der Waals surface area contributed by atoms with E-state index in [0.29, 0.717) is 44.4 Å². The Labute approximate surface area is 223 Å². The minimum absolute atomic E-state index is 0.0704. The van der Waals surface area contributed by atoms with Crippen LogP contribution in [0.1, 0.15) is 58.8 Å². The van der Waals surface area contributed by atoms with Gasteiger partial charge in [0, 0.05) is 6.54 Å². The van der Waals surface area contributed by atoms with E-state index in [9.17, 15) is 24.3 Å². The molecule has 0 heterocycles. The van der Waals surface area contributed by atoms with Crippen molar-refractivity contribution in [3.8, 4) is 0 Å². The SMILES string of the molecule is CCC(C)C(N)C(=O)NC(CCSC)C(=O)NC(CCCCN)C(=O)NC(CCCN=C(N)N)C(=O)O. The number of carboxylic acid groups (broad SMARTS) is 1. The molecule has 0 saturated heterocycles. The van der Waals surface area contributed by atoms with Crippen LogP contribution in [0.25, 0.3) is 0 Å². The van der Waals surface area contributed by atoms with Gasteiger partial charge in [0.05, 0.1) is 6.04 Å². The predicted molar refractivity (Wildman–Crippen MR) is 147 cm³/mol. The molecule has 0 saturated carbocycles. The molecule has 214 valence electrons. The Morgan fingerprint density at radius 3 is 1.95 bits per heavy atom. The van der Waals surface area contributed by atoms with Crippen LogP contribution in [0.2, 0.25) is 0 Å². The summed E-state index contributed by atoms with van der Waals surface area (Å²) in [4.78, 5) is 54.3. The monoisotopic (exact) mass is 546 g/mol. The van der Waals surface area contributed by atoms with Gasteiger partial charge in [-0.05, 0) is 63.0 Å². The van der Waals surface area contributed by atoms with Gasteiger partial charge in [-0.15, -0.1) is 0 Å². The molecule has 14 heteroatoms. The summed E-state index contributed by atoms with van der Waals surface area (Å²) in [6.45, 7) is 4.40. The van der Waals surface area contributed by atoms with Gasteiger partial charge in [0.25, 0.3) is 0 Å². The fourth-order valence-electron chi connectivity index (χ4n) is 3.35. The highest BCUT2D eigenvalue weighted by molar-refractivity contribution is 7.98. The van der Waals surface area contributed by atoms with Crippen LogP contribution in [-0.4, -0.2) is 84.0 Å². The Balaban J connectivity index is 5.49. The van der Waals surface area contributed by atoms with E-state index in [1.165, 1.54) is 11.8 Å². The van der Waals surface area contributed by atoms with Gasteiger partial charge in [-0.25, -0.2) is 4.79 Å². The number of guanidine groups is 1. The molecule has 0 aromatic carbocycles. The van der Waals surface area contributed by atoms with Crippen molar-refractivity contribution >= 4 is 41.4 Å². The maximum atomic E-state index is 13.2. The van der Waals surface area contributed by atoms with Crippen molar-refractivity contribution in [1.82, 2.24) is 16.0 Å². The summed E-state index contributed by atoms with van der Waals surface area (Å²) in [7, 11) is 0. The third-order valence-corrected chi connectivity index (χ3v) is 6.59. The van der Waals surface area contributed by atoms with Gasteiger partial charge in [-0.1, -0.05) is 20.3 Å². The van der Waals surface area contributed by atoms with E-state index in [4.69, 9.17) is 22.9 Å². The van der Waals surface area contributed by atoms with E-state index in [0.717, 1.165) is 0 Å². The number of aliphatic imine (C=N–C) groups is 1. The lowest BCUT2D eigenvalue weighted by atomic mass is 9.99. The molecular weight excluding hydrogens is 500 g/mol. The van der Waals surface area contributed by atoms with Gasteiger partial charge in [-0.2, -0.15) is 11.8 Å². The number of hydrogen-bond donors (Lipinski definition) is 8. The number of nitrogens with two attached hydrogens (primary N) is 4. The zero-order valence-electron chi connectivity index (χ0n) is 22.2. The number of carbonyl (C=O) groups is 4. The van der Waals surface area contributed by atoms with Crippen molar-refractivity contribution in [3.05, 3.63) is 0 Å². The second-order valence-electron chi connectivity index (χ2n) is 8.95. The van der Waals surface area contributed by atoms with E-state index >= 15 is 0 Å². The fourth-order valence-corrected chi connectivity index (χ4v) is 3.82. The van der Waals surface area contributed by atoms with Crippen molar-refractivity contribution in [3.63, 3.8) is 0 Å². The lowest BCUT2D eigenvalue weighted by Crippen LogP contribution is -2.57. The molecule has 0 radical (unpaired) electrons. The van der Waals surface area contributed by atoms with Gasteiger partial charge in [0.15, 0.2) is 5.96 Å². The molecule has 0 bridgehead atoms. The second-order valence-corrected chi connectivity index (χ2v) is 9.93. The molecule has 37 heavy (non-hydrogen) atoms. The topological polar surface area (TPSA) is 241 Å². The number of hydrogen-bond acceptors (Lipinski definition) is 8. The number of nitrogens with one attached hydrogen (secondary N) is 3. The maximum absolute atomic E-state index is 13.2. The highest BCUT2D eigenvalue weighted by atomic mass is 32.2. The molecule has 5 unspecified atom stereocenters. The molecule has 0 aliphatic carbocycles. The summed E-state index contributed by atoms with van der Waals surface area (Å²) >= 11 is 1.51. The van der Waals surface area contributed by atoms with Crippen LogP contribution >= 0.6 is 11.8 Å². The molecule has 5 atom stereocenters. The fraction of sp³-hybridized carbons (Fsp3) is 0.783. The number of thioether (sulfide) groups is 1. The molecular formula is C23H46N8O5S. The van der Waals surface area contributed by atoms with Crippen molar-refractivity contribution in [1.29, 1.82) is 0 Å². The predicted octanol–water partition coefficient (Wildman–Crippen LogP) is -1.17. The Morgan fingerprint density at radius 2 is 1.43 bits per heavy atom. The van der Waals surface area contributed by atoms with E-state index < -0.39 is 47.9 Å². The standard InChI is InChI=1S/C23H46N8O5S/c1-4-14(2)18(25)21(34)30-16(10-13-37-3)20(33)29-15(8-5-6-11-24)19(32)31-17(22(35)36)9-7-12-28-23(26)27/h14-18H,4-13,24-25H2,1-3H3,(H,29,33)(H,30,34)(H,31,32)(H,35,36)(H4,26,27,28). The third-order valence-electron chi connectivity index (χ3n) is 5.94. The number of carboxylic acids is 1.